The number of piperidine rings is 1. The molecule has 0 saturated carbocycles. The molecule has 7 heteroatoms. The van der Waals surface area contributed by atoms with E-state index in [0.29, 0.717) is 25.1 Å². The van der Waals surface area contributed by atoms with E-state index in [1.807, 2.05) is 24.0 Å². The summed E-state index contributed by atoms with van der Waals surface area (Å²) in [4.78, 5) is 26.9. The van der Waals surface area contributed by atoms with Crippen LogP contribution >= 0.6 is 0 Å². The maximum Gasteiger partial charge on any atom is 0.237 e. The predicted molar refractivity (Wildman–Crippen MR) is 122 cm³/mol. The molecule has 0 aliphatic carbocycles. The van der Waals surface area contributed by atoms with Gasteiger partial charge in [0.1, 0.15) is 5.84 Å². The molecule has 1 fully saturated rings. The number of nitrogen functional groups attached to an aromatic ring is 1. The first-order valence-electron chi connectivity index (χ1n) is 10.6. The van der Waals surface area contributed by atoms with Crippen molar-refractivity contribution in [3.05, 3.63) is 70.8 Å². The second kappa shape index (κ2) is 9.75. The summed E-state index contributed by atoms with van der Waals surface area (Å²) in [5.74, 6) is -0.271. The minimum atomic E-state index is -0.476. The van der Waals surface area contributed by atoms with Crippen LogP contribution in [0.1, 0.15) is 47.9 Å². The number of likely N-dealkylation sites (tertiary alicyclic amines) is 1. The molecule has 2 aromatic rings. The Labute approximate surface area is 183 Å². The van der Waals surface area contributed by atoms with E-state index in [9.17, 15) is 9.59 Å². The number of nitrogens with two attached hydrogens (primary N) is 2. The Morgan fingerprint density at radius 1 is 1.13 bits per heavy atom. The molecular weight excluding hydrogens is 390 g/mol. The first-order valence-corrected chi connectivity index (χ1v) is 10.6. The van der Waals surface area contributed by atoms with Gasteiger partial charge in [0, 0.05) is 18.7 Å². The van der Waals surface area contributed by atoms with Crippen molar-refractivity contribution in [2.45, 2.75) is 51.2 Å². The second-order valence-electron chi connectivity index (χ2n) is 8.29. The van der Waals surface area contributed by atoms with Gasteiger partial charge < -0.3 is 16.8 Å². The average molecular weight is 422 g/mol. The van der Waals surface area contributed by atoms with Crippen LogP contribution in [0.25, 0.3) is 0 Å². The van der Waals surface area contributed by atoms with E-state index in [1.54, 1.807) is 12.1 Å². The molecule has 2 unspecified atom stereocenters. The molecule has 7 nitrogen and oxygen atoms in total. The molecule has 6 N–H and O–H groups in total. The highest BCUT2D eigenvalue weighted by Crippen LogP contribution is 2.32. The normalized spacial score (nSPS) is 20.1. The maximum atomic E-state index is 12.8. The summed E-state index contributed by atoms with van der Waals surface area (Å²) in [5, 5.41) is 10.4. The largest absolute Gasteiger partial charge is 0.384 e. The van der Waals surface area contributed by atoms with Gasteiger partial charge in [0.05, 0.1) is 12.1 Å². The van der Waals surface area contributed by atoms with Crippen molar-refractivity contribution in [2.24, 2.45) is 11.5 Å². The van der Waals surface area contributed by atoms with Crippen LogP contribution in [0, 0.1) is 12.3 Å². The molecule has 0 bridgehead atoms. The zero-order valence-electron chi connectivity index (χ0n) is 18.1. The molecule has 3 atom stereocenters. The van der Waals surface area contributed by atoms with Crippen LogP contribution in [0.15, 0.2) is 48.5 Å². The summed E-state index contributed by atoms with van der Waals surface area (Å²) < 4.78 is 0. The van der Waals surface area contributed by atoms with Crippen molar-refractivity contribution in [3.63, 3.8) is 0 Å². The molecule has 1 heterocycles. The average Bonchev–Trinajstić information content (AvgIpc) is 2.77. The number of benzene rings is 2. The van der Waals surface area contributed by atoms with Crippen LogP contribution < -0.4 is 16.8 Å². The third-order valence-electron chi connectivity index (χ3n) is 6.13. The number of amides is 2. The SMILES string of the molecule is Cc1ccc(C2CCN([C@@H](C)C(=O)NCc3ccc(C(=N)N)cc3)C(C(N)=O)C2)cc1. The molecule has 164 valence electrons. The Morgan fingerprint density at radius 2 is 1.77 bits per heavy atom. The van der Waals surface area contributed by atoms with Crippen LogP contribution in [0.3, 0.4) is 0 Å². The molecule has 1 aliphatic rings. The van der Waals surface area contributed by atoms with Gasteiger partial charge in [-0.25, -0.2) is 0 Å². The number of rotatable bonds is 7. The minimum absolute atomic E-state index is 0.00995. The second-order valence-corrected chi connectivity index (χ2v) is 8.29. The molecule has 0 spiro atoms. The van der Waals surface area contributed by atoms with E-state index in [1.165, 1.54) is 11.1 Å². The molecule has 3 rings (SSSR count). The lowest BCUT2D eigenvalue weighted by molar-refractivity contribution is -0.132. The van der Waals surface area contributed by atoms with Gasteiger partial charge in [-0.15, -0.1) is 0 Å². The number of nitrogens with one attached hydrogen (secondary N) is 2. The van der Waals surface area contributed by atoms with Crippen molar-refractivity contribution in [3.8, 4) is 0 Å². The van der Waals surface area contributed by atoms with E-state index in [4.69, 9.17) is 16.9 Å². The Hall–Kier alpha value is -3.19. The monoisotopic (exact) mass is 421 g/mol. The molecule has 2 aromatic carbocycles. The third-order valence-corrected chi connectivity index (χ3v) is 6.13. The highest BCUT2D eigenvalue weighted by Gasteiger charge is 2.37. The lowest BCUT2D eigenvalue weighted by Gasteiger charge is -2.40. The lowest BCUT2D eigenvalue weighted by atomic mass is 9.84. The Kier molecular flexibility index (Phi) is 7.07. The van der Waals surface area contributed by atoms with Crippen LogP contribution in [0.5, 0.6) is 0 Å². The minimum Gasteiger partial charge on any atom is -0.384 e. The summed E-state index contributed by atoms with van der Waals surface area (Å²) in [6, 6.07) is 14.6. The number of primary amides is 1. The number of carbonyl (C=O) groups excluding carboxylic acids is 2. The Morgan fingerprint density at radius 3 is 2.35 bits per heavy atom. The lowest BCUT2D eigenvalue weighted by Crippen LogP contribution is -2.56. The van der Waals surface area contributed by atoms with Crippen molar-refractivity contribution < 1.29 is 9.59 Å². The molecular formula is C24H31N5O2. The summed E-state index contributed by atoms with van der Waals surface area (Å²) in [5.41, 5.74) is 15.2. The highest BCUT2D eigenvalue weighted by atomic mass is 16.2. The van der Waals surface area contributed by atoms with Gasteiger partial charge in [-0.1, -0.05) is 54.1 Å². The van der Waals surface area contributed by atoms with Crippen LogP contribution in [-0.2, 0) is 16.1 Å². The van der Waals surface area contributed by atoms with Gasteiger partial charge >= 0.3 is 0 Å². The number of carbonyl (C=O) groups is 2. The summed E-state index contributed by atoms with van der Waals surface area (Å²) in [6.07, 6.45) is 1.49. The van der Waals surface area contributed by atoms with Crippen molar-refractivity contribution in [1.29, 1.82) is 5.41 Å². The summed E-state index contributed by atoms with van der Waals surface area (Å²) in [7, 11) is 0. The topological polar surface area (TPSA) is 125 Å². The third kappa shape index (κ3) is 5.49. The fraction of sp³-hybridized carbons (Fsp3) is 0.375. The highest BCUT2D eigenvalue weighted by molar-refractivity contribution is 5.94. The molecule has 1 saturated heterocycles. The van der Waals surface area contributed by atoms with E-state index < -0.39 is 18.0 Å². The number of hydrogen-bond acceptors (Lipinski definition) is 4. The Bertz CT molecular complexity index is 939. The van der Waals surface area contributed by atoms with Gasteiger partial charge in [-0.3, -0.25) is 19.9 Å². The number of nitrogens with zero attached hydrogens (tertiary/aromatic N) is 1. The Balaban J connectivity index is 1.62. The standard InChI is InChI=1S/C24H31N5O2/c1-15-3-7-18(8-4-15)20-11-12-29(21(13-20)23(27)30)16(2)24(31)28-14-17-5-9-19(10-6-17)22(25)26/h3-10,16,20-21H,11-14H2,1-2H3,(H3,25,26)(H2,27,30)(H,28,31)/t16-,20?,21?/m0/s1. The smallest absolute Gasteiger partial charge is 0.237 e. The predicted octanol–water partition coefficient (Wildman–Crippen LogP) is 2.02. The number of hydrogen-bond donors (Lipinski definition) is 4. The fourth-order valence-corrected chi connectivity index (χ4v) is 4.16. The summed E-state index contributed by atoms with van der Waals surface area (Å²) in [6.45, 7) is 4.86. The maximum absolute atomic E-state index is 12.8. The summed E-state index contributed by atoms with van der Waals surface area (Å²) >= 11 is 0. The molecule has 0 radical (unpaired) electrons. The first kappa shape index (κ1) is 22.5. The quantitative estimate of drug-likeness (QED) is 0.403. The van der Waals surface area contributed by atoms with E-state index >= 15 is 0 Å². The molecule has 1 aliphatic heterocycles. The van der Waals surface area contributed by atoms with E-state index in [0.717, 1.165) is 12.0 Å². The van der Waals surface area contributed by atoms with E-state index in [-0.39, 0.29) is 17.7 Å². The van der Waals surface area contributed by atoms with Gasteiger partial charge in [-0.05, 0) is 43.7 Å². The molecule has 31 heavy (non-hydrogen) atoms. The van der Waals surface area contributed by atoms with Gasteiger partial charge in [0.25, 0.3) is 0 Å². The zero-order valence-corrected chi connectivity index (χ0v) is 18.1. The van der Waals surface area contributed by atoms with Crippen LogP contribution in [-0.4, -0.2) is 41.2 Å². The van der Waals surface area contributed by atoms with Crippen molar-refractivity contribution >= 4 is 17.6 Å². The molecule has 2 amide bonds. The van der Waals surface area contributed by atoms with Crippen molar-refractivity contribution in [2.75, 3.05) is 6.54 Å². The van der Waals surface area contributed by atoms with Crippen LogP contribution in [0.4, 0.5) is 0 Å². The van der Waals surface area contributed by atoms with Gasteiger partial charge in [0.15, 0.2) is 0 Å². The van der Waals surface area contributed by atoms with Crippen molar-refractivity contribution in [1.82, 2.24) is 10.2 Å². The number of aryl methyl sites for hydroxylation is 1. The fourth-order valence-electron chi connectivity index (χ4n) is 4.16. The zero-order chi connectivity index (χ0) is 22.5. The van der Waals surface area contributed by atoms with Gasteiger partial charge in [-0.2, -0.15) is 0 Å². The first-order chi connectivity index (χ1) is 14.8. The molecule has 0 aromatic heterocycles. The number of amidine groups is 1. The van der Waals surface area contributed by atoms with Crippen LogP contribution in [0.2, 0.25) is 0 Å². The van der Waals surface area contributed by atoms with Gasteiger partial charge in [0.2, 0.25) is 11.8 Å². The van der Waals surface area contributed by atoms with E-state index in [2.05, 4.69) is 36.5 Å².